The summed E-state index contributed by atoms with van der Waals surface area (Å²) in [4.78, 5) is 16.6. The lowest BCUT2D eigenvalue weighted by Gasteiger charge is -2.13. The maximum Gasteiger partial charge on any atom is 0.270 e. The van der Waals surface area contributed by atoms with E-state index in [1.54, 1.807) is 6.07 Å². The highest BCUT2D eigenvalue weighted by atomic mass is 16.2. The van der Waals surface area contributed by atoms with Gasteiger partial charge in [0.1, 0.15) is 5.69 Å². The Morgan fingerprint density at radius 3 is 2.79 bits per heavy atom. The molecule has 1 aliphatic rings. The fraction of sp³-hybridized carbons (Fsp3) is 0.286. The summed E-state index contributed by atoms with van der Waals surface area (Å²) in [5, 5.41) is 3.89. The van der Waals surface area contributed by atoms with E-state index in [1.807, 2.05) is 31.2 Å². The fourth-order valence-corrected chi connectivity index (χ4v) is 2.06. The van der Waals surface area contributed by atoms with E-state index in [9.17, 15) is 4.79 Å². The number of nitrogens with two attached hydrogens (primary N) is 1. The molecule has 5 nitrogen and oxygen atoms in total. The molecule has 98 valence electrons. The van der Waals surface area contributed by atoms with Crippen LogP contribution in [-0.2, 0) is 0 Å². The summed E-state index contributed by atoms with van der Waals surface area (Å²) in [7, 11) is 0. The van der Waals surface area contributed by atoms with Gasteiger partial charge in [-0.2, -0.15) is 0 Å². The van der Waals surface area contributed by atoms with Gasteiger partial charge in [0.25, 0.3) is 5.91 Å². The highest BCUT2D eigenvalue weighted by Crippen LogP contribution is 2.34. The van der Waals surface area contributed by atoms with Gasteiger partial charge in [-0.05, 0) is 31.9 Å². The third-order valence-corrected chi connectivity index (χ3v) is 3.52. The number of carbonyl (C=O) groups excluding carboxylic acids is 1. The van der Waals surface area contributed by atoms with Crippen LogP contribution in [0.2, 0.25) is 0 Å². The number of hydrogen-bond donors (Lipinski definition) is 3. The molecule has 0 saturated heterocycles. The van der Waals surface area contributed by atoms with Gasteiger partial charge in [-0.1, -0.05) is 18.2 Å². The zero-order valence-electron chi connectivity index (χ0n) is 10.7. The van der Waals surface area contributed by atoms with Crippen LogP contribution in [0.4, 0.5) is 5.69 Å². The Hall–Kier alpha value is -2.14. The van der Waals surface area contributed by atoms with Crippen LogP contribution in [0.5, 0.6) is 0 Å². The standard InChI is InChI=1S/C14H16N4O/c1-14(6-7-14)17-13(19)12-8-11(18-15)9-4-2-3-5-10(9)16-12/h2-5,8H,6-7,15H2,1H3,(H,16,18)(H,17,19). The number of benzene rings is 1. The van der Waals surface area contributed by atoms with Gasteiger partial charge in [-0.15, -0.1) is 0 Å². The van der Waals surface area contributed by atoms with E-state index >= 15 is 0 Å². The summed E-state index contributed by atoms with van der Waals surface area (Å²) in [6.45, 7) is 2.04. The van der Waals surface area contributed by atoms with Gasteiger partial charge in [0, 0.05) is 10.9 Å². The summed E-state index contributed by atoms with van der Waals surface area (Å²) in [5.74, 6) is 5.36. The minimum Gasteiger partial charge on any atom is -0.346 e. The smallest absolute Gasteiger partial charge is 0.270 e. The van der Waals surface area contributed by atoms with Crippen molar-refractivity contribution in [2.75, 3.05) is 5.43 Å². The van der Waals surface area contributed by atoms with Crippen LogP contribution < -0.4 is 16.6 Å². The average molecular weight is 256 g/mol. The van der Waals surface area contributed by atoms with E-state index in [-0.39, 0.29) is 11.4 Å². The van der Waals surface area contributed by atoms with Crippen LogP contribution in [0.1, 0.15) is 30.3 Å². The first-order chi connectivity index (χ1) is 9.11. The lowest BCUT2D eigenvalue weighted by molar-refractivity contribution is 0.0931. The lowest BCUT2D eigenvalue weighted by Crippen LogP contribution is -2.34. The molecule has 0 radical (unpaired) electrons. The van der Waals surface area contributed by atoms with Gasteiger partial charge in [0.2, 0.25) is 0 Å². The predicted octanol–water partition coefficient (Wildman–Crippen LogP) is 1.80. The molecular weight excluding hydrogens is 240 g/mol. The van der Waals surface area contributed by atoms with Crippen LogP contribution in [0, 0.1) is 0 Å². The van der Waals surface area contributed by atoms with Gasteiger partial charge in [-0.25, -0.2) is 4.98 Å². The number of nitrogens with zero attached hydrogens (tertiary/aromatic N) is 1. The Bertz CT molecular complexity index is 649. The van der Waals surface area contributed by atoms with E-state index in [0.29, 0.717) is 11.4 Å². The van der Waals surface area contributed by atoms with Crippen molar-refractivity contribution >= 4 is 22.5 Å². The molecule has 1 amide bonds. The van der Waals surface area contributed by atoms with E-state index in [1.165, 1.54) is 0 Å². The predicted molar refractivity (Wildman–Crippen MR) is 74.7 cm³/mol. The number of nitrogens with one attached hydrogen (secondary N) is 2. The van der Waals surface area contributed by atoms with Crippen LogP contribution in [0.3, 0.4) is 0 Å². The summed E-state index contributed by atoms with van der Waals surface area (Å²) in [5.41, 5.74) is 4.42. The zero-order chi connectivity index (χ0) is 13.5. The molecule has 1 aromatic heterocycles. The molecule has 4 N–H and O–H groups in total. The molecule has 1 aromatic carbocycles. The molecule has 19 heavy (non-hydrogen) atoms. The molecule has 1 heterocycles. The number of anilines is 1. The fourth-order valence-electron chi connectivity index (χ4n) is 2.06. The van der Waals surface area contributed by atoms with Crippen molar-refractivity contribution in [3.63, 3.8) is 0 Å². The molecule has 1 saturated carbocycles. The number of para-hydroxylation sites is 1. The number of hydrogen-bond acceptors (Lipinski definition) is 4. The SMILES string of the molecule is CC1(NC(=O)c2cc(NN)c3ccccc3n2)CC1. The third kappa shape index (κ3) is 2.24. The van der Waals surface area contributed by atoms with Gasteiger partial charge in [0.15, 0.2) is 0 Å². The molecule has 3 rings (SSSR count). The third-order valence-electron chi connectivity index (χ3n) is 3.52. The summed E-state index contributed by atoms with van der Waals surface area (Å²) in [6.07, 6.45) is 2.04. The van der Waals surface area contributed by atoms with Crippen molar-refractivity contribution in [1.82, 2.24) is 10.3 Å². The Balaban J connectivity index is 2.01. The van der Waals surface area contributed by atoms with Crippen LogP contribution in [0.15, 0.2) is 30.3 Å². The molecule has 2 aromatic rings. The largest absolute Gasteiger partial charge is 0.346 e. The van der Waals surface area contributed by atoms with E-state index in [2.05, 4.69) is 15.7 Å². The van der Waals surface area contributed by atoms with Crippen molar-refractivity contribution < 1.29 is 4.79 Å². The molecule has 0 spiro atoms. The van der Waals surface area contributed by atoms with Crippen LogP contribution >= 0.6 is 0 Å². The molecule has 1 fully saturated rings. The number of pyridine rings is 1. The number of carbonyl (C=O) groups is 1. The minimum absolute atomic E-state index is 0.0548. The number of amides is 1. The normalized spacial score (nSPS) is 16.1. The first-order valence-corrected chi connectivity index (χ1v) is 6.30. The average Bonchev–Trinajstić information content (AvgIpc) is 3.14. The van der Waals surface area contributed by atoms with Gasteiger partial charge in [-0.3, -0.25) is 10.6 Å². The van der Waals surface area contributed by atoms with Crippen molar-refractivity contribution in [2.45, 2.75) is 25.3 Å². The number of aromatic nitrogens is 1. The molecule has 5 heteroatoms. The number of fused-ring (bicyclic) bond motifs is 1. The van der Waals surface area contributed by atoms with E-state index < -0.39 is 0 Å². The van der Waals surface area contributed by atoms with Crippen LogP contribution in [-0.4, -0.2) is 16.4 Å². The minimum atomic E-state index is -0.151. The summed E-state index contributed by atoms with van der Waals surface area (Å²) in [6, 6.07) is 9.27. The maximum atomic E-state index is 12.2. The highest BCUT2D eigenvalue weighted by Gasteiger charge is 2.39. The highest BCUT2D eigenvalue weighted by molar-refractivity contribution is 6.00. The molecule has 0 aliphatic heterocycles. The number of nitrogen functional groups attached to an aromatic ring is 1. The summed E-state index contributed by atoms with van der Waals surface area (Å²) < 4.78 is 0. The Morgan fingerprint density at radius 1 is 1.37 bits per heavy atom. The van der Waals surface area contributed by atoms with Crippen molar-refractivity contribution in [1.29, 1.82) is 0 Å². The van der Waals surface area contributed by atoms with Crippen molar-refractivity contribution in [3.8, 4) is 0 Å². The van der Waals surface area contributed by atoms with E-state index in [0.717, 1.165) is 23.7 Å². The second-order valence-electron chi connectivity index (χ2n) is 5.23. The van der Waals surface area contributed by atoms with E-state index in [4.69, 9.17) is 5.84 Å². The van der Waals surface area contributed by atoms with Gasteiger partial charge < -0.3 is 10.7 Å². The maximum absolute atomic E-state index is 12.2. The number of rotatable bonds is 3. The van der Waals surface area contributed by atoms with Crippen molar-refractivity contribution in [3.05, 3.63) is 36.0 Å². The second-order valence-corrected chi connectivity index (χ2v) is 5.23. The number of hydrazine groups is 1. The second kappa shape index (κ2) is 4.20. The molecule has 0 unspecified atom stereocenters. The summed E-state index contributed by atoms with van der Waals surface area (Å²) >= 11 is 0. The molecule has 0 atom stereocenters. The topological polar surface area (TPSA) is 80.0 Å². The van der Waals surface area contributed by atoms with Gasteiger partial charge in [0.05, 0.1) is 11.2 Å². The molecular formula is C14H16N4O. The first-order valence-electron chi connectivity index (χ1n) is 6.30. The van der Waals surface area contributed by atoms with Gasteiger partial charge >= 0.3 is 0 Å². The quantitative estimate of drug-likeness (QED) is 0.578. The lowest BCUT2D eigenvalue weighted by atomic mass is 10.1. The van der Waals surface area contributed by atoms with Crippen molar-refractivity contribution in [2.24, 2.45) is 5.84 Å². The Kier molecular flexibility index (Phi) is 2.64. The zero-order valence-corrected chi connectivity index (χ0v) is 10.7. The Labute approximate surface area is 111 Å². The van der Waals surface area contributed by atoms with Crippen LogP contribution in [0.25, 0.3) is 10.9 Å². The first kappa shape index (κ1) is 11.9. The Morgan fingerprint density at radius 2 is 2.11 bits per heavy atom. The molecule has 0 bridgehead atoms. The monoisotopic (exact) mass is 256 g/mol. The molecule has 1 aliphatic carbocycles.